The van der Waals surface area contributed by atoms with Crippen LogP contribution in [-0.4, -0.2) is 45.8 Å². The molecule has 4 heterocycles. The molecule has 0 saturated carbocycles. The Labute approximate surface area is 129 Å². The quantitative estimate of drug-likeness (QED) is 0.941. The first-order valence-electron chi connectivity index (χ1n) is 7.80. The molecule has 2 unspecified atom stereocenters. The summed E-state index contributed by atoms with van der Waals surface area (Å²) in [6.45, 7) is 6.04. The molecule has 4 rings (SSSR count). The zero-order chi connectivity index (χ0) is 15.1. The van der Waals surface area contributed by atoms with Crippen LogP contribution in [0.4, 0.5) is 10.2 Å². The van der Waals surface area contributed by atoms with Crippen LogP contribution in [0.5, 0.6) is 0 Å². The second-order valence-electron chi connectivity index (χ2n) is 6.37. The number of aromatic nitrogens is 3. The fourth-order valence-electron chi connectivity index (χ4n) is 3.75. The molecule has 0 spiro atoms. The van der Waals surface area contributed by atoms with E-state index in [4.69, 9.17) is 0 Å². The smallest absolute Gasteiger partial charge is 0.141 e. The topological polar surface area (TPSA) is 48.1 Å². The van der Waals surface area contributed by atoms with Crippen molar-refractivity contribution in [3.8, 4) is 0 Å². The number of nitrogens with zero attached hydrogens (tertiary/aromatic N) is 4. The summed E-state index contributed by atoms with van der Waals surface area (Å²) in [6, 6.07) is 5.92. The van der Waals surface area contributed by atoms with Gasteiger partial charge in [0.25, 0.3) is 0 Å². The Kier molecular flexibility index (Phi) is 3.33. The monoisotopic (exact) mass is 301 g/mol. The van der Waals surface area contributed by atoms with Gasteiger partial charge in [0.1, 0.15) is 11.6 Å². The van der Waals surface area contributed by atoms with Crippen molar-refractivity contribution < 1.29 is 4.39 Å². The highest BCUT2D eigenvalue weighted by atomic mass is 19.1. The Morgan fingerprint density at radius 1 is 1.36 bits per heavy atom. The molecule has 2 fully saturated rings. The fourth-order valence-corrected chi connectivity index (χ4v) is 3.75. The van der Waals surface area contributed by atoms with Gasteiger partial charge in [-0.3, -0.25) is 10.00 Å². The predicted molar refractivity (Wildman–Crippen MR) is 82.0 cm³/mol. The molecular weight excluding hydrogens is 281 g/mol. The Bertz CT molecular complexity index is 653. The van der Waals surface area contributed by atoms with Crippen molar-refractivity contribution in [2.75, 3.05) is 24.5 Å². The van der Waals surface area contributed by atoms with E-state index in [1.54, 1.807) is 6.07 Å². The van der Waals surface area contributed by atoms with Gasteiger partial charge in [-0.15, -0.1) is 0 Å². The zero-order valence-corrected chi connectivity index (χ0v) is 12.7. The summed E-state index contributed by atoms with van der Waals surface area (Å²) in [5, 5.41) is 7.36. The summed E-state index contributed by atoms with van der Waals surface area (Å²) in [6.07, 6.45) is 2.51. The second-order valence-corrected chi connectivity index (χ2v) is 6.37. The van der Waals surface area contributed by atoms with Crippen LogP contribution in [-0.2, 0) is 6.54 Å². The zero-order valence-electron chi connectivity index (χ0n) is 12.7. The second kappa shape index (κ2) is 5.35. The number of likely N-dealkylation sites (tertiary alicyclic amines) is 1. The van der Waals surface area contributed by atoms with Crippen LogP contribution >= 0.6 is 0 Å². The highest BCUT2D eigenvalue weighted by molar-refractivity contribution is 5.40. The number of nitrogens with one attached hydrogen (secondary N) is 1. The summed E-state index contributed by atoms with van der Waals surface area (Å²) in [4.78, 5) is 9.01. The van der Waals surface area contributed by atoms with Gasteiger partial charge < -0.3 is 4.90 Å². The predicted octanol–water partition coefficient (Wildman–Crippen LogP) is 1.96. The molecule has 0 amide bonds. The van der Waals surface area contributed by atoms with Gasteiger partial charge in [-0.05, 0) is 44.0 Å². The van der Waals surface area contributed by atoms with Crippen molar-refractivity contribution in [3.63, 3.8) is 0 Å². The summed E-state index contributed by atoms with van der Waals surface area (Å²) < 4.78 is 13.0. The molecule has 0 radical (unpaired) electrons. The summed E-state index contributed by atoms with van der Waals surface area (Å²) in [5.41, 5.74) is 2.21. The van der Waals surface area contributed by atoms with Crippen LogP contribution in [0.15, 0.2) is 24.4 Å². The minimum Gasteiger partial charge on any atom is -0.355 e. The molecule has 2 aromatic rings. The molecule has 2 saturated heterocycles. The van der Waals surface area contributed by atoms with E-state index in [1.807, 2.05) is 6.92 Å². The first-order valence-corrected chi connectivity index (χ1v) is 7.80. The Morgan fingerprint density at radius 2 is 2.27 bits per heavy atom. The van der Waals surface area contributed by atoms with E-state index in [0.29, 0.717) is 12.0 Å². The fraction of sp³-hybridized carbons (Fsp3) is 0.500. The van der Waals surface area contributed by atoms with Crippen molar-refractivity contribution in [2.45, 2.75) is 25.9 Å². The lowest BCUT2D eigenvalue weighted by Crippen LogP contribution is -2.35. The van der Waals surface area contributed by atoms with E-state index in [9.17, 15) is 4.39 Å². The third kappa shape index (κ3) is 2.47. The highest BCUT2D eigenvalue weighted by Gasteiger charge is 2.41. The molecule has 5 nitrogen and oxygen atoms in total. The van der Waals surface area contributed by atoms with Crippen LogP contribution in [0.1, 0.15) is 17.8 Å². The van der Waals surface area contributed by atoms with Crippen molar-refractivity contribution in [1.82, 2.24) is 20.1 Å². The highest BCUT2D eigenvalue weighted by Crippen LogP contribution is 2.34. The molecule has 0 aromatic carbocycles. The number of fused-ring (bicyclic) bond motifs is 1. The molecular formula is C16H20FN5. The maximum Gasteiger partial charge on any atom is 0.141 e. The number of hydrogen-bond donors (Lipinski definition) is 1. The molecule has 22 heavy (non-hydrogen) atoms. The van der Waals surface area contributed by atoms with E-state index < -0.39 is 0 Å². The van der Waals surface area contributed by atoms with Gasteiger partial charge in [-0.1, -0.05) is 0 Å². The van der Waals surface area contributed by atoms with Crippen LogP contribution in [0, 0.1) is 18.7 Å². The summed E-state index contributed by atoms with van der Waals surface area (Å²) in [5.74, 6) is 1.27. The van der Waals surface area contributed by atoms with Gasteiger partial charge in [0.05, 0.1) is 11.9 Å². The molecule has 2 aliphatic rings. The maximum absolute atomic E-state index is 13.0. The SMILES string of the molecule is Cc1cc(CN2CCC3CN(c4ccc(F)cn4)CC32)n[nH]1. The number of aromatic amines is 1. The third-order valence-electron chi connectivity index (χ3n) is 4.82. The Morgan fingerprint density at radius 3 is 3.00 bits per heavy atom. The number of aryl methyl sites for hydroxylation is 1. The van der Waals surface area contributed by atoms with Crippen molar-refractivity contribution in [2.24, 2.45) is 5.92 Å². The lowest BCUT2D eigenvalue weighted by atomic mass is 10.1. The molecule has 2 aliphatic heterocycles. The number of rotatable bonds is 3. The Hall–Kier alpha value is -1.95. The lowest BCUT2D eigenvalue weighted by molar-refractivity contribution is 0.243. The van der Waals surface area contributed by atoms with Crippen LogP contribution < -0.4 is 4.90 Å². The van der Waals surface area contributed by atoms with Gasteiger partial charge in [0, 0.05) is 31.4 Å². The van der Waals surface area contributed by atoms with Gasteiger partial charge in [-0.2, -0.15) is 5.10 Å². The van der Waals surface area contributed by atoms with Gasteiger partial charge in [0.15, 0.2) is 0 Å². The van der Waals surface area contributed by atoms with Crippen LogP contribution in [0.25, 0.3) is 0 Å². The molecule has 0 bridgehead atoms. The van der Waals surface area contributed by atoms with Gasteiger partial charge in [0.2, 0.25) is 0 Å². The third-order valence-corrected chi connectivity index (χ3v) is 4.82. The number of pyridine rings is 1. The average Bonchev–Trinajstić information content (AvgIpc) is 3.18. The molecule has 2 aromatic heterocycles. The van der Waals surface area contributed by atoms with Gasteiger partial charge >= 0.3 is 0 Å². The first-order chi connectivity index (χ1) is 10.7. The molecule has 2 atom stereocenters. The van der Waals surface area contributed by atoms with E-state index in [0.717, 1.165) is 43.4 Å². The minimum atomic E-state index is -0.279. The van der Waals surface area contributed by atoms with Crippen molar-refractivity contribution in [1.29, 1.82) is 0 Å². The van der Waals surface area contributed by atoms with E-state index >= 15 is 0 Å². The molecule has 6 heteroatoms. The minimum absolute atomic E-state index is 0.279. The summed E-state index contributed by atoms with van der Waals surface area (Å²) >= 11 is 0. The molecule has 0 aliphatic carbocycles. The lowest BCUT2D eigenvalue weighted by Gasteiger charge is -2.24. The van der Waals surface area contributed by atoms with E-state index in [1.165, 1.54) is 18.7 Å². The van der Waals surface area contributed by atoms with E-state index in [-0.39, 0.29) is 5.82 Å². The van der Waals surface area contributed by atoms with Crippen molar-refractivity contribution >= 4 is 5.82 Å². The number of H-pyrrole nitrogens is 1. The maximum atomic E-state index is 13.0. The molecule has 116 valence electrons. The van der Waals surface area contributed by atoms with Crippen LogP contribution in [0.3, 0.4) is 0 Å². The largest absolute Gasteiger partial charge is 0.355 e. The Balaban J connectivity index is 1.45. The average molecular weight is 301 g/mol. The standard InChI is InChI=1S/C16H20FN5/c1-11-6-14(20-19-11)9-21-5-4-12-8-22(10-15(12)21)16-3-2-13(17)7-18-16/h2-3,6-7,12,15H,4-5,8-10H2,1H3,(H,19,20). The van der Waals surface area contributed by atoms with Gasteiger partial charge in [-0.25, -0.2) is 9.37 Å². The number of hydrogen-bond acceptors (Lipinski definition) is 4. The van der Waals surface area contributed by atoms with E-state index in [2.05, 4.69) is 31.0 Å². The molecule has 1 N–H and O–H groups in total. The summed E-state index contributed by atoms with van der Waals surface area (Å²) in [7, 11) is 0. The van der Waals surface area contributed by atoms with Crippen LogP contribution in [0.2, 0.25) is 0 Å². The number of halogens is 1. The normalized spacial score (nSPS) is 24.9. The van der Waals surface area contributed by atoms with Crippen molar-refractivity contribution in [3.05, 3.63) is 41.6 Å². The first kappa shape index (κ1) is 13.7. The number of anilines is 1.